The standard InChI is InChI=1S/C9H12N2O.2ClH/c1-12-9-4-2-3-7-5-11(10)6-8(7)9;;/h2-4H,5-6,10H2,1H3;2*1H. The van der Waals surface area contributed by atoms with Gasteiger partial charge in [-0.15, -0.1) is 24.8 Å². The summed E-state index contributed by atoms with van der Waals surface area (Å²) in [5.74, 6) is 6.63. The van der Waals surface area contributed by atoms with Crippen molar-refractivity contribution in [2.24, 2.45) is 5.84 Å². The number of fused-ring (bicyclic) bond motifs is 1. The second-order valence-corrected chi connectivity index (χ2v) is 3.00. The van der Waals surface area contributed by atoms with Gasteiger partial charge in [0.15, 0.2) is 0 Å². The van der Waals surface area contributed by atoms with Gasteiger partial charge in [0.1, 0.15) is 5.75 Å². The van der Waals surface area contributed by atoms with Crippen molar-refractivity contribution < 1.29 is 4.74 Å². The van der Waals surface area contributed by atoms with Crippen molar-refractivity contribution in [3.8, 4) is 5.75 Å². The van der Waals surface area contributed by atoms with Gasteiger partial charge in [0.05, 0.1) is 7.11 Å². The van der Waals surface area contributed by atoms with E-state index in [0.29, 0.717) is 0 Å². The van der Waals surface area contributed by atoms with Crippen molar-refractivity contribution in [1.82, 2.24) is 5.01 Å². The van der Waals surface area contributed by atoms with E-state index in [2.05, 4.69) is 6.07 Å². The molecule has 0 spiro atoms. The average molecular weight is 237 g/mol. The van der Waals surface area contributed by atoms with Gasteiger partial charge in [0, 0.05) is 18.7 Å². The summed E-state index contributed by atoms with van der Waals surface area (Å²) in [5.41, 5.74) is 2.50. The zero-order valence-electron chi connectivity index (χ0n) is 7.90. The van der Waals surface area contributed by atoms with Crippen LogP contribution in [0.2, 0.25) is 0 Å². The third kappa shape index (κ3) is 2.30. The summed E-state index contributed by atoms with van der Waals surface area (Å²) in [6.45, 7) is 1.62. The lowest BCUT2D eigenvalue weighted by molar-refractivity contribution is 0.292. The van der Waals surface area contributed by atoms with Crippen LogP contribution in [0, 0.1) is 0 Å². The largest absolute Gasteiger partial charge is 0.496 e. The average Bonchev–Trinajstić information content (AvgIpc) is 2.44. The van der Waals surface area contributed by atoms with E-state index >= 15 is 0 Å². The maximum atomic E-state index is 5.69. The molecule has 1 aliphatic rings. The smallest absolute Gasteiger partial charge is 0.123 e. The van der Waals surface area contributed by atoms with Crippen LogP contribution in [0.15, 0.2) is 18.2 Å². The number of nitrogens with zero attached hydrogens (tertiary/aromatic N) is 1. The Hall–Kier alpha value is -0.480. The SMILES string of the molecule is COc1cccc2c1CN(N)C2.Cl.Cl. The minimum absolute atomic E-state index is 0. The van der Waals surface area contributed by atoms with Gasteiger partial charge in [0.2, 0.25) is 0 Å². The lowest BCUT2D eigenvalue weighted by Crippen LogP contribution is -2.23. The van der Waals surface area contributed by atoms with Crippen molar-refractivity contribution in [3.05, 3.63) is 29.3 Å². The molecule has 1 aliphatic heterocycles. The fourth-order valence-corrected chi connectivity index (χ4v) is 1.61. The second kappa shape index (κ2) is 5.41. The number of hydrogen-bond donors (Lipinski definition) is 1. The maximum Gasteiger partial charge on any atom is 0.123 e. The van der Waals surface area contributed by atoms with Crippen molar-refractivity contribution in [2.75, 3.05) is 7.11 Å². The molecule has 0 saturated carbocycles. The second-order valence-electron chi connectivity index (χ2n) is 3.00. The van der Waals surface area contributed by atoms with Gasteiger partial charge in [-0.2, -0.15) is 0 Å². The van der Waals surface area contributed by atoms with Gasteiger partial charge >= 0.3 is 0 Å². The molecule has 0 aromatic heterocycles. The molecule has 2 rings (SSSR count). The zero-order chi connectivity index (χ0) is 8.55. The Morgan fingerprint density at radius 3 is 2.64 bits per heavy atom. The van der Waals surface area contributed by atoms with Crippen molar-refractivity contribution >= 4 is 24.8 Å². The highest BCUT2D eigenvalue weighted by Crippen LogP contribution is 2.28. The summed E-state index contributed by atoms with van der Waals surface area (Å²) >= 11 is 0. The quantitative estimate of drug-likeness (QED) is 0.756. The van der Waals surface area contributed by atoms with E-state index in [-0.39, 0.29) is 24.8 Å². The van der Waals surface area contributed by atoms with Crippen LogP contribution in [0.1, 0.15) is 11.1 Å². The highest BCUT2D eigenvalue weighted by molar-refractivity contribution is 5.85. The molecule has 3 nitrogen and oxygen atoms in total. The van der Waals surface area contributed by atoms with E-state index in [1.807, 2.05) is 12.1 Å². The van der Waals surface area contributed by atoms with Crippen LogP contribution < -0.4 is 10.6 Å². The minimum atomic E-state index is 0. The van der Waals surface area contributed by atoms with Crippen LogP contribution in [0.25, 0.3) is 0 Å². The molecule has 5 heteroatoms. The Balaban J connectivity index is 0.000000845. The lowest BCUT2D eigenvalue weighted by Gasteiger charge is -2.05. The fraction of sp³-hybridized carbons (Fsp3) is 0.333. The molecule has 2 N–H and O–H groups in total. The topological polar surface area (TPSA) is 38.5 Å². The molecule has 0 bridgehead atoms. The van der Waals surface area contributed by atoms with E-state index in [4.69, 9.17) is 10.6 Å². The molecule has 0 fully saturated rings. The Kier molecular flexibility index (Phi) is 5.23. The molecule has 0 amide bonds. The van der Waals surface area contributed by atoms with Gasteiger partial charge in [-0.05, 0) is 11.6 Å². The number of nitrogens with two attached hydrogens (primary N) is 1. The third-order valence-corrected chi connectivity index (χ3v) is 2.18. The molecule has 0 unspecified atom stereocenters. The third-order valence-electron chi connectivity index (χ3n) is 2.18. The number of methoxy groups -OCH3 is 1. The molecule has 80 valence electrons. The molecule has 0 atom stereocenters. The molecule has 14 heavy (non-hydrogen) atoms. The molecular weight excluding hydrogens is 223 g/mol. The van der Waals surface area contributed by atoms with Gasteiger partial charge in [-0.3, -0.25) is 5.84 Å². The molecule has 1 aromatic rings. The highest BCUT2D eigenvalue weighted by Gasteiger charge is 2.18. The number of rotatable bonds is 1. The first-order valence-electron chi connectivity index (χ1n) is 3.95. The van der Waals surface area contributed by atoms with Crippen LogP contribution in [-0.4, -0.2) is 12.1 Å². The Morgan fingerprint density at radius 1 is 1.29 bits per heavy atom. The summed E-state index contributed by atoms with van der Waals surface area (Å²) in [6.07, 6.45) is 0. The van der Waals surface area contributed by atoms with Crippen molar-refractivity contribution in [1.29, 1.82) is 0 Å². The number of ether oxygens (including phenoxy) is 1. The fourth-order valence-electron chi connectivity index (χ4n) is 1.61. The number of halogens is 2. The molecule has 0 aliphatic carbocycles. The molecule has 1 heterocycles. The Morgan fingerprint density at radius 2 is 2.00 bits per heavy atom. The van der Waals surface area contributed by atoms with Crippen LogP contribution in [0.4, 0.5) is 0 Å². The van der Waals surface area contributed by atoms with Gasteiger partial charge in [-0.1, -0.05) is 12.1 Å². The van der Waals surface area contributed by atoms with Crippen LogP contribution in [-0.2, 0) is 13.1 Å². The highest BCUT2D eigenvalue weighted by atomic mass is 35.5. The van der Waals surface area contributed by atoms with E-state index in [1.165, 1.54) is 11.1 Å². The van der Waals surface area contributed by atoms with Crippen molar-refractivity contribution in [2.45, 2.75) is 13.1 Å². The Labute approximate surface area is 96.0 Å². The van der Waals surface area contributed by atoms with E-state index in [1.54, 1.807) is 12.1 Å². The number of hydrogen-bond acceptors (Lipinski definition) is 3. The normalized spacial score (nSPS) is 13.9. The van der Waals surface area contributed by atoms with E-state index in [9.17, 15) is 0 Å². The predicted molar refractivity (Wildman–Crippen MR) is 60.9 cm³/mol. The molecule has 0 radical (unpaired) electrons. The first-order chi connectivity index (χ1) is 5.81. The summed E-state index contributed by atoms with van der Waals surface area (Å²) in [5, 5.41) is 1.78. The first-order valence-corrected chi connectivity index (χ1v) is 3.95. The van der Waals surface area contributed by atoms with Gasteiger partial charge in [-0.25, -0.2) is 5.01 Å². The van der Waals surface area contributed by atoms with E-state index < -0.39 is 0 Å². The first kappa shape index (κ1) is 13.5. The monoisotopic (exact) mass is 236 g/mol. The predicted octanol–water partition coefficient (Wildman–Crippen LogP) is 1.73. The summed E-state index contributed by atoms with van der Waals surface area (Å²) < 4.78 is 5.22. The van der Waals surface area contributed by atoms with Crippen molar-refractivity contribution in [3.63, 3.8) is 0 Å². The maximum absolute atomic E-state index is 5.69. The van der Waals surface area contributed by atoms with Gasteiger partial charge < -0.3 is 4.74 Å². The van der Waals surface area contributed by atoms with E-state index in [0.717, 1.165) is 18.8 Å². The molecular formula is C9H14Cl2N2O. The van der Waals surface area contributed by atoms with Crippen LogP contribution in [0.3, 0.4) is 0 Å². The lowest BCUT2D eigenvalue weighted by atomic mass is 10.1. The van der Waals surface area contributed by atoms with Crippen LogP contribution in [0.5, 0.6) is 5.75 Å². The van der Waals surface area contributed by atoms with Crippen LogP contribution >= 0.6 is 24.8 Å². The summed E-state index contributed by atoms with van der Waals surface area (Å²) in [4.78, 5) is 0. The molecule has 1 aromatic carbocycles. The number of benzene rings is 1. The summed E-state index contributed by atoms with van der Waals surface area (Å²) in [6, 6.07) is 6.06. The zero-order valence-corrected chi connectivity index (χ0v) is 9.53. The Bertz CT molecular complexity index is 307. The molecule has 0 saturated heterocycles. The minimum Gasteiger partial charge on any atom is -0.496 e. The number of hydrazine groups is 1. The summed E-state index contributed by atoms with van der Waals surface area (Å²) in [7, 11) is 1.69. The van der Waals surface area contributed by atoms with Gasteiger partial charge in [0.25, 0.3) is 0 Å².